The molecular weight excluding hydrogens is 323 g/mol. The van der Waals surface area contributed by atoms with Gasteiger partial charge in [0.2, 0.25) is 0 Å². The van der Waals surface area contributed by atoms with E-state index in [0.717, 1.165) is 11.8 Å². The van der Waals surface area contributed by atoms with Gasteiger partial charge in [-0.15, -0.1) is 0 Å². The molecule has 2 aromatic rings. The van der Waals surface area contributed by atoms with Gasteiger partial charge in [-0.3, -0.25) is 0 Å². The Hall–Kier alpha value is -0.810. The summed E-state index contributed by atoms with van der Waals surface area (Å²) in [5, 5.41) is 0.743. The van der Waals surface area contributed by atoms with Crippen LogP contribution >= 0.6 is 35.0 Å². The number of benzene rings is 2. The van der Waals surface area contributed by atoms with E-state index in [4.69, 9.17) is 28.9 Å². The summed E-state index contributed by atoms with van der Waals surface area (Å²) in [7, 11) is 0. The van der Waals surface area contributed by atoms with Crippen LogP contribution in [0.15, 0.2) is 40.1 Å². The lowest BCUT2D eigenvalue weighted by molar-refractivity contribution is 0.537. The Bertz CT molecular complexity index is 612. The van der Waals surface area contributed by atoms with Crippen LogP contribution in [0.4, 0.5) is 8.78 Å². The van der Waals surface area contributed by atoms with Crippen molar-refractivity contribution < 1.29 is 8.78 Å². The van der Waals surface area contributed by atoms with E-state index in [-0.39, 0.29) is 4.90 Å². The molecule has 2 N–H and O–H groups in total. The second-order valence-electron chi connectivity index (χ2n) is 4.11. The number of hydrogen-bond donors (Lipinski definition) is 1. The standard InChI is InChI=1S/C14H11Cl2F2NS/c15-10-2-1-9(7-11(10)16)20-14-12(17)5-8(3-4-19)6-13(14)18/h1-2,5-7H,3-4,19H2. The zero-order valence-electron chi connectivity index (χ0n) is 10.3. The van der Waals surface area contributed by atoms with Crippen LogP contribution in [0.2, 0.25) is 10.0 Å². The molecule has 2 aromatic carbocycles. The Labute approximate surface area is 130 Å². The Kier molecular flexibility index (Phi) is 5.27. The van der Waals surface area contributed by atoms with Gasteiger partial charge in [-0.25, -0.2) is 8.78 Å². The van der Waals surface area contributed by atoms with E-state index in [0.29, 0.717) is 33.5 Å². The van der Waals surface area contributed by atoms with Gasteiger partial charge in [0.25, 0.3) is 0 Å². The lowest BCUT2D eigenvalue weighted by Gasteiger charge is -2.08. The molecule has 0 aliphatic heterocycles. The highest BCUT2D eigenvalue weighted by Gasteiger charge is 2.13. The van der Waals surface area contributed by atoms with Crippen molar-refractivity contribution >= 4 is 35.0 Å². The molecule has 106 valence electrons. The number of hydrogen-bond acceptors (Lipinski definition) is 2. The van der Waals surface area contributed by atoms with Gasteiger partial charge >= 0.3 is 0 Å². The van der Waals surface area contributed by atoms with Gasteiger partial charge in [0.05, 0.1) is 14.9 Å². The van der Waals surface area contributed by atoms with E-state index in [2.05, 4.69) is 0 Å². The van der Waals surface area contributed by atoms with Crippen LogP contribution in [-0.4, -0.2) is 6.54 Å². The molecule has 0 aromatic heterocycles. The fourth-order valence-electron chi connectivity index (χ4n) is 1.68. The summed E-state index contributed by atoms with van der Waals surface area (Å²) in [5.41, 5.74) is 5.92. The fourth-order valence-corrected chi connectivity index (χ4v) is 2.90. The molecule has 0 amide bonds. The van der Waals surface area contributed by atoms with E-state index in [9.17, 15) is 8.78 Å². The third-order valence-electron chi connectivity index (χ3n) is 2.60. The Morgan fingerprint density at radius 1 is 1.00 bits per heavy atom. The first-order valence-electron chi connectivity index (χ1n) is 5.82. The Balaban J connectivity index is 2.31. The number of nitrogens with two attached hydrogens (primary N) is 1. The molecule has 0 saturated heterocycles. The molecule has 20 heavy (non-hydrogen) atoms. The maximum atomic E-state index is 13.9. The lowest BCUT2D eigenvalue weighted by Crippen LogP contribution is -2.04. The lowest BCUT2D eigenvalue weighted by atomic mass is 10.1. The molecule has 0 heterocycles. The molecule has 0 fully saturated rings. The van der Waals surface area contributed by atoms with E-state index in [1.54, 1.807) is 18.2 Å². The smallest absolute Gasteiger partial charge is 0.140 e. The minimum atomic E-state index is -0.607. The molecule has 0 saturated carbocycles. The number of halogens is 4. The SMILES string of the molecule is NCCc1cc(F)c(Sc2ccc(Cl)c(Cl)c2)c(F)c1. The van der Waals surface area contributed by atoms with Crippen molar-refractivity contribution in [3.8, 4) is 0 Å². The number of rotatable bonds is 4. The molecule has 0 aliphatic rings. The average Bonchev–Trinajstić information content (AvgIpc) is 2.38. The van der Waals surface area contributed by atoms with Crippen LogP contribution in [0.25, 0.3) is 0 Å². The summed E-state index contributed by atoms with van der Waals surface area (Å²) in [5.74, 6) is -1.21. The molecule has 6 heteroatoms. The highest BCUT2D eigenvalue weighted by Crippen LogP contribution is 2.35. The van der Waals surface area contributed by atoms with Crippen LogP contribution in [0, 0.1) is 11.6 Å². The summed E-state index contributed by atoms with van der Waals surface area (Å²) >= 11 is 12.6. The summed E-state index contributed by atoms with van der Waals surface area (Å²) in [6.07, 6.45) is 0.436. The van der Waals surface area contributed by atoms with Gasteiger partial charge in [0.1, 0.15) is 11.6 Å². The molecule has 0 bridgehead atoms. The third-order valence-corrected chi connectivity index (χ3v) is 4.42. The van der Waals surface area contributed by atoms with Gasteiger partial charge in [-0.1, -0.05) is 35.0 Å². The van der Waals surface area contributed by atoms with Gasteiger partial charge in [-0.05, 0) is 48.9 Å². The molecule has 0 aliphatic carbocycles. The maximum Gasteiger partial charge on any atom is 0.140 e. The van der Waals surface area contributed by atoms with Crippen molar-refractivity contribution in [2.75, 3.05) is 6.54 Å². The zero-order chi connectivity index (χ0) is 14.7. The van der Waals surface area contributed by atoms with Crippen LogP contribution in [-0.2, 0) is 6.42 Å². The van der Waals surface area contributed by atoms with Crippen LogP contribution in [0.5, 0.6) is 0 Å². The zero-order valence-corrected chi connectivity index (χ0v) is 12.6. The van der Waals surface area contributed by atoms with Crippen molar-refractivity contribution in [3.63, 3.8) is 0 Å². The van der Waals surface area contributed by atoms with Crippen molar-refractivity contribution in [2.45, 2.75) is 16.2 Å². The van der Waals surface area contributed by atoms with E-state index in [1.165, 1.54) is 12.1 Å². The summed E-state index contributed by atoms with van der Waals surface area (Å²) in [6.45, 7) is 0.345. The highest BCUT2D eigenvalue weighted by atomic mass is 35.5. The first-order chi connectivity index (χ1) is 9.51. The Morgan fingerprint density at radius 2 is 1.65 bits per heavy atom. The predicted octanol–water partition coefficient (Wildman–Crippen LogP) is 4.92. The molecule has 0 unspecified atom stereocenters. The highest BCUT2D eigenvalue weighted by molar-refractivity contribution is 7.99. The largest absolute Gasteiger partial charge is 0.330 e. The minimum Gasteiger partial charge on any atom is -0.330 e. The maximum absolute atomic E-state index is 13.9. The minimum absolute atomic E-state index is 0.0656. The second kappa shape index (κ2) is 6.76. The van der Waals surface area contributed by atoms with E-state index >= 15 is 0 Å². The van der Waals surface area contributed by atoms with Gasteiger partial charge in [0, 0.05) is 4.90 Å². The van der Waals surface area contributed by atoms with Crippen LogP contribution in [0.1, 0.15) is 5.56 Å². The summed E-state index contributed by atoms with van der Waals surface area (Å²) < 4.78 is 27.9. The second-order valence-corrected chi connectivity index (χ2v) is 6.00. The van der Waals surface area contributed by atoms with E-state index < -0.39 is 11.6 Å². The van der Waals surface area contributed by atoms with Crippen LogP contribution < -0.4 is 5.73 Å². The first kappa shape index (κ1) is 15.6. The van der Waals surface area contributed by atoms with Gasteiger partial charge in [0.15, 0.2) is 0 Å². The Morgan fingerprint density at radius 3 is 2.20 bits per heavy atom. The molecule has 0 spiro atoms. The van der Waals surface area contributed by atoms with Crippen molar-refractivity contribution in [1.82, 2.24) is 0 Å². The van der Waals surface area contributed by atoms with Gasteiger partial charge in [-0.2, -0.15) is 0 Å². The normalized spacial score (nSPS) is 10.8. The van der Waals surface area contributed by atoms with Crippen molar-refractivity contribution in [2.24, 2.45) is 5.73 Å². The predicted molar refractivity (Wildman–Crippen MR) is 79.7 cm³/mol. The molecular formula is C14H11Cl2F2NS. The molecule has 0 radical (unpaired) electrons. The summed E-state index contributed by atoms with van der Waals surface area (Å²) in [4.78, 5) is 0.549. The van der Waals surface area contributed by atoms with Crippen molar-refractivity contribution in [3.05, 3.63) is 57.6 Å². The fraction of sp³-hybridized carbons (Fsp3) is 0.143. The molecule has 1 nitrogen and oxygen atoms in total. The topological polar surface area (TPSA) is 26.0 Å². The van der Waals surface area contributed by atoms with Crippen molar-refractivity contribution in [1.29, 1.82) is 0 Å². The van der Waals surface area contributed by atoms with E-state index in [1.807, 2.05) is 0 Å². The monoisotopic (exact) mass is 333 g/mol. The molecule has 0 atom stereocenters. The average molecular weight is 334 g/mol. The quantitative estimate of drug-likeness (QED) is 0.858. The first-order valence-corrected chi connectivity index (χ1v) is 7.39. The molecule has 2 rings (SSSR count). The van der Waals surface area contributed by atoms with Gasteiger partial charge < -0.3 is 5.73 Å². The third kappa shape index (κ3) is 3.64. The van der Waals surface area contributed by atoms with Crippen LogP contribution in [0.3, 0.4) is 0 Å². The summed E-state index contributed by atoms with van der Waals surface area (Å²) in [6, 6.07) is 7.42.